The summed E-state index contributed by atoms with van der Waals surface area (Å²) in [6, 6.07) is 0.354. The van der Waals surface area contributed by atoms with Gasteiger partial charge in [0.05, 0.1) is 6.04 Å². The molecule has 0 aromatic heterocycles. The SMILES string of the molecule is CCN1C(=O)CCCC1C1=CCCC=C1. The highest BCUT2D eigenvalue weighted by molar-refractivity contribution is 5.78. The molecule has 0 aromatic rings. The smallest absolute Gasteiger partial charge is 0.223 e. The van der Waals surface area contributed by atoms with E-state index in [0.29, 0.717) is 11.9 Å². The molecule has 1 unspecified atom stereocenters. The number of hydrogen-bond donors (Lipinski definition) is 0. The van der Waals surface area contributed by atoms with Crippen molar-refractivity contribution >= 4 is 5.91 Å². The number of carbonyl (C=O) groups is 1. The first-order chi connectivity index (χ1) is 7.33. The Morgan fingerprint density at radius 3 is 3.00 bits per heavy atom. The minimum atomic E-state index is 0.327. The monoisotopic (exact) mass is 205 g/mol. The van der Waals surface area contributed by atoms with Crippen molar-refractivity contribution in [3.05, 3.63) is 23.8 Å². The van der Waals surface area contributed by atoms with Gasteiger partial charge in [0.15, 0.2) is 0 Å². The molecule has 1 heterocycles. The van der Waals surface area contributed by atoms with E-state index in [1.807, 2.05) is 4.90 Å². The molecule has 2 aliphatic rings. The lowest BCUT2D eigenvalue weighted by Crippen LogP contribution is -2.44. The highest BCUT2D eigenvalue weighted by Gasteiger charge is 2.28. The van der Waals surface area contributed by atoms with Crippen LogP contribution in [-0.2, 0) is 4.79 Å². The molecule has 0 aromatic carbocycles. The summed E-state index contributed by atoms with van der Waals surface area (Å²) < 4.78 is 0. The molecular formula is C13H19NO. The highest BCUT2D eigenvalue weighted by Crippen LogP contribution is 2.26. The second-order valence-electron chi connectivity index (χ2n) is 4.27. The molecule has 0 N–H and O–H groups in total. The number of allylic oxidation sites excluding steroid dienone is 2. The number of likely N-dealkylation sites (N-methyl/N-ethyl adjacent to an activating group) is 1. The van der Waals surface area contributed by atoms with Crippen LogP contribution >= 0.6 is 0 Å². The molecule has 82 valence electrons. The molecule has 0 saturated carbocycles. The van der Waals surface area contributed by atoms with Crippen molar-refractivity contribution in [3.63, 3.8) is 0 Å². The maximum Gasteiger partial charge on any atom is 0.223 e. The van der Waals surface area contributed by atoms with Gasteiger partial charge in [0.25, 0.3) is 0 Å². The standard InChI is InChI=1S/C13H19NO/c1-2-14-12(9-6-10-13(14)15)11-7-4-3-5-8-11/h4,7-8,12H,2-3,5-6,9-10H2,1H3. The summed E-state index contributed by atoms with van der Waals surface area (Å²) in [6.45, 7) is 2.91. The summed E-state index contributed by atoms with van der Waals surface area (Å²) >= 11 is 0. The van der Waals surface area contributed by atoms with E-state index in [9.17, 15) is 4.79 Å². The minimum Gasteiger partial charge on any atom is -0.336 e. The van der Waals surface area contributed by atoms with Gasteiger partial charge >= 0.3 is 0 Å². The Bertz CT molecular complexity index is 304. The van der Waals surface area contributed by atoms with Crippen LogP contribution in [0.1, 0.15) is 39.0 Å². The van der Waals surface area contributed by atoms with Gasteiger partial charge in [-0.25, -0.2) is 0 Å². The van der Waals surface area contributed by atoms with E-state index in [-0.39, 0.29) is 0 Å². The van der Waals surface area contributed by atoms with Gasteiger partial charge in [0.2, 0.25) is 5.91 Å². The molecule has 1 saturated heterocycles. The Kier molecular flexibility index (Phi) is 3.24. The maximum atomic E-state index is 11.8. The fraction of sp³-hybridized carbons (Fsp3) is 0.615. The number of nitrogens with zero attached hydrogens (tertiary/aromatic N) is 1. The van der Waals surface area contributed by atoms with E-state index in [0.717, 1.165) is 38.6 Å². The Balaban J connectivity index is 2.15. The van der Waals surface area contributed by atoms with Crippen LogP contribution in [0.2, 0.25) is 0 Å². The van der Waals surface area contributed by atoms with E-state index >= 15 is 0 Å². The molecule has 2 nitrogen and oxygen atoms in total. The molecule has 1 atom stereocenters. The molecule has 1 aliphatic carbocycles. The number of carbonyl (C=O) groups excluding carboxylic acids is 1. The van der Waals surface area contributed by atoms with E-state index in [1.54, 1.807) is 0 Å². The number of amides is 1. The zero-order chi connectivity index (χ0) is 10.7. The molecule has 2 heteroatoms. The third-order valence-corrected chi connectivity index (χ3v) is 3.31. The van der Waals surface area contributed by atoms with Gasteiger partial charge in [-0.05, 0) is 38.2 Å². The van der Waals surface area contributed by atoms with E-state index in [1.165, 1.54) is 5.57 Å². The third kappa shape index (κ3) is 2.14. The second kappa shape index (κ2) is 4.65. The fourth-order valence-corrected chi connectivity index (χ4v) is 2.54. The second-order valence-corrected chi connectivity index (χ2v) is 4.27. The molecule has 1 aliphatic heterocycles. The topological polar surface area (TPSA) is 20.3 Å². The average Bonchev–Trinajstić information content (AvgIpc) is 2.30. The molecule has 2 rings (SSSR count). The van der Waals surface area contributed by atoms with Crippen LogP contribution in [0.15, 0.2) is 23.8 Å². The highest BCUT2D eigenvalue weighted by atomic mass is 16.2. The molecule has 0 spiro atoms. The summed E-state index contributed by atoms with van der Waals surface area (Å²) in [5.74, 6) is 0.327. The van der Waals surface area contributed by atoms with Crippen molar-refractivity contribution < 1.29 is 4.79 Å². The predicted molar refractivity (Wildman–Crippen MR) is 61.5 cm³/mol. The van der Waals surface area contributed by atoms with Gasteiger partial charge in [-0.1, -0.05) is 18.2 Å². The average molecular weight is 205 g/mol. The predicted octanol–water partition coefficient (Wildman–Crippen LogP) is 2.66. The van der Waals surface area contributed by atoms with Gasteiger partial charge in [0.1, 0.15) is 0 Å². The van der Waals surface area contributed by atoms with Crippen LogP contribution < -0.4 is 0 Å². The van der Waals surface area contributed by atoms with Crippen molar-refractivity contribution in [2.24, 2.45) is 0 Å². The molecular weight excluding hydrogens is 186 g/mol. The van der Waals surface area contributed by atoms with Crippen LogP contribution in [0.5, 0.6) is 0 Å². The fourth-order valence-electron chi connectivity index (χ4n) is 2.54. The lowest BCUT2D eigenvalue weighted by Gasteiger charge is -2.36. The van der Waals surface area contributed by atoms with Gasteiger partial charge in [-0.3, -0.25) is 4.79 Å². The van der Waals surface area contributed by atoms with E-state index in [4.69, 9.17) is 0 Å². The first-order valence-corrected chi connectivity index (χ1v) is 5.99. The zero-order valence-electron chi connectivity index (χ0n) is 9.41. The summed E-state index contributed by atoms with van der Waals surface area (Å²) in [5.41, 5.74) is 1.36. The number of piperidine rings is 1. The summed E-state index contributed by atoms with van der Waals surface area (Å²) in [7, 11) is 0. The zero-order valence-corrected chi connectivity index (χ0v) is 9.41. The van der Waals surface area contributed by atoms with Crippen LogP contribution in [0.25, 0.3) is 0 Å². The van der Waals surface area contributed by atoms with E-state index in [2.05, 4.69) is 25.2 Å². The van der Waals surface area contributed by atoms with Gasteiger partial charge in [-0.15, -0.1) is 0 Å². The minimum absolute atomic E-state index is 0.327. The lowest BCUT2D eigenvalue weighted by atomic mass is 9.91. The summed E-state index contributed by atoms with van der Waals surface area (Å²) in [6.07, 6.45) is 11.9. The number of likely N-dealkylation sites (tertiary alicyclic amines) is 1. The van der Waals surface area contributed by atoms with Crippen LogP contribution in [-0.4, -0.2) is 23.4 Å². The number of hydrogen-bond acceptors (Lipinski definition) is 1. The van der Waals surface area contributed by atoms with Crippen LogP contribution in [0, 0.1) is 0 Å². The molecule has 1 fully saturated rings. The Morgan fingerprint density at radius 1 is 1.47 bits per heavy atom. The maximum absolute atomic E-state index is 11.8. The third-order valence-electron chi connectivity index (χ3n) is 3.31. The molecule has 15 heavy (non-hydrogen) atoms. The van der Waals surface area contributed by atoms with Crippen molar-refractivity contribution in [3.8, 4) is 0 Å². The summed E-state index contributed by atoms with van der Waals surface area (Å²) in [4.78, 5) is 13.8. The van der Waals surface area contributed by atoms with Crippen molar-refractivity contribution in [2.75, 3.05) is 6.54 Å². The molecule has 0 bridgehead atoms. The Hall–Kier alpha value is -1.05. The first-order valence-electron chi connectivity index (χ1n) is 5.99. The largest absolute Gasteiger partial charge is 0.336 e. The van der Waals surface area contributed by atoms with Gasteiger partial charge in [0, 0.05) is 13.0 Å². The molecule has 0 radical (unpaired) electrons. The van der Waals surface area contributed by atoms with E-state index < -0.39 is 0 Å². The quantitative estimate of drug-likeness (QED) is 0.678. The Labute approximate surface area is 91.6 Å². The lowest BCUT2D eigenvalue weighted by molar-refractivity contribution is -0.135. The van der Waals surface area contributed by atoms with Gasteiger partial charge in [-0.2, -0.15) is 0 Å². The van der Waals surface area contributed by atoms with Crippen molar-refractivity contribution in [1.82, 2.24) is 4.90 Å². The number of rotatable bonds is 2. The first kappa shape index (κ1) is 10.5. The van der Waals surface area contributed by atoms with Crippen LogP contribution in [0.4, 0.5) is 0 Å². The Morgan fingerprint density at radius 2 is 2.33 bits per heavy atom. The van der Waals surface area contributed by atoms with Crippen molar-refractivity contribution in [2.45, 2.75) is 45.1 Å². The normalized spacial score (nSPS) is 26.7. The molecule has 1 amide bonds. The van der Waals surface area contributed by atoms with Crippen LogP contribution in [0.3, 0.4) is 0 Å². The summed E-state index contributed by atoms with van der Waals surface area (Å²) in [5, 5.41) is 0. The van der Waals surface area contributed by atoms with Crippen molar-refractivity contribution in [1.29, 1.82) is 0 Å². The van der Waals surface area contributed by atoms with Gasteiger partial charge < -0.3 is 4.90 Å².